The van der Waals surface area contributed by atoms with Crippen LogP contribution in [0.5, 0.6) is 0 Å². The number of hydrogen-bond acceptors (Lipinski definition) is 6. The van der Waals surface area contributed by atoms with Crippen LogP contribution in [-0.4, -0.2) is 59.2 Å². The van der Waals surface area contributed by atoms with Crippen LogP contribution in [-0.2, 0) is 4.74 Å². The van der Waals surface area contributed by atoms with Crippen LogP contribution in [0.3, 0.4) is 0 Å². The van der Waals surface area contributed by atoms with Gasteiger partial charge in [-0.05, 0) is 52.3 Å². The maximum Gasteiger partial charge on any atom is 0.265 e. The van der Waals surface area contributed by atoms with Crippen molar-refractivity contribution >= 4 is 40.6 Å². The Kier molecular flexibility index (Phi) is 9.04. The second kappa shape index (κ2) is 12.7. The smallest absolute Gasteiger partial charge is 0.265 e. The number of pyridine rings is 1. The summed E-state index contributed by atoms with van der Waals surface area (Å²) in [5, 5.41) is 6.35. The van der Waals surface area contributed by atoms with E-state index in [-0.39, 0.29) is 17.6 Å². The Labute approximate surface area is 249 Å². The van der Waals surface area contributed by atoms with E-state index in [0.29, 0.717) is 58.7 Å². The molecule has 7 nitrogen and oxygen atoms in total. The predicted octanol–water partition coefficient (Wildman–Crippen LogP) is 6.19. The molecule has 2 aliphatic rings. The van der Waals surface area contributed by atoms with Crippen LogP contribution in [0, 0.1) is 6.92 Å². The van der Waals surface area contributed by atoms with E-state index < -0.39 is 0 Å². The van der Waals surface area contributed by atoms with Crippen LogP contribution in [0.15, 0.2) is 63.3 Å². The average Bonchev–Trinajstić information content (AvgIpc) is 3.45. The molecule has 214 valence electrons. The maximum atomic E-state index is 14.5. The minimum Gasteiger partial charge on any atom is -0.372 e. The Balaban J connectivity index is 1.76. The number of hydrogen-bond donors (Lipinski definition) is 1. The first-order chi connectivity index (χ1) is 19.8. The van der Waals surface area contributed by atoms with Crippen LogP contribution in [0.2, 0.25) is 0 Å². The molecule has 0 unspecified atom stereocenters. The maximum absolute atomic E-state index is 14.5. The molecular weight excluding hydrogens is 556 g/mol. The predicted molar refractivity (Wildman–Crippen MR) is 168 cm³/mol. The number of nitrogens with one attached hydrogen (secondary N) is 1. The van der Waals surface area contributed by atoms with Gasteiger partial charge in [0, 0.05) is 48.8 Å². The van der Waals surface area contributed by atoms with Crippen LogP contribution >= 0.6 is 22.9 Å². The van der Waals surface area contributed by atoms with Gasteiger partial charge in [-0.1, -0.05) is 53.1 Å². The molecule has 1 aromatic carbocycles. The Morgan fingerprint density at radius 1 is 1.22 bits per heavy atom. The summed E-state index contributed by atoms with van der Waals surface area (Å²) < 4.78 is 7.70. The molecule has 5 rings (SSSR count). The zero-order valence-electron chi connectivity index (χ0n) is 23.9. The lowest BCUT2D eigenvalue weighted by Crippen LogP contribution is -2.47. The fourth-order valence-electron chi connectivity index (χ4n) is 5.12. The molecular formula is C32H35ClN4O3S. The summed E-state index contributed by atoms with van der Waals surface area (Å²) in [6, 6.07) is 9.86. The van der Waals surface area contributed by atoms with Crippen LogP contribution in [0.1, 0.15) is 48.8 Å². The van der Waals surface area contributed by atoms with E-state index in [1.54, 1.807) is 16.7 Å². The van der Waals surface area contributed by atoms with Crippen molar-refractivity contribution in [2.24, 2.45) is 0 Å². The highest BCUT2D eigenvalue weighted by molar-refractivity contribution is 7.13. The third-order valence-electron chi connectivity index (χ3n) is 7.15. The summed E-state index contributed by atoms with van der Waals surface area (Å²) in [5.41, 5.74) is 5.59. The average molecular weight is 591 g/mol. The van der Waals surface area contributed by atoms with Gasteiger partial charge in [-0.3, -0.25) is 14.2 Å². The van der Waals surface area contributed by atoms with E-state index >= 15 is 0 Å². The lowest BCUT2D eigenvalue weighted by atomic mass is 10.0. The molecule has 0 spiro atoms. The van der Waals surface area contributed by atoms with Crippen molar-refractivity contribution in [2.75, 3.05) is 32.8 Å². The van der Waals surface area contributed by atoms with E-state index in [1.807, 2.05) is 74.4 Å². The van der Waals surface area contributed by atoms with Crippen molar-refractivity contribution in [1.82, 2.24) is 19.8 Å². The van der Waals surface area contributed by atoms with Gasteiger partial charge in [0.05, 0.1) is 28.2 Å². The highest BCUT2D eigenvalue weighted by Crippen LogP contribution is 2.33. The van der Waals surface area contributed by atoms with Crippen LogP contribution in [0.4, 0.5) is 0 Å². The summed E-state index contributed by atoms with van der Waals surface area (Å²) >= 11 is 7.90. The number of thiazole rings is 1. The standard InChI is InChI=1S/C32H35ClN4O3S/c1-5-40-29-11-10-23(33)17-28(29)37-27(16-20(2)3)24(31(38)36-14-12-34-13-15-36)18-25(32(37)39)30-35-26(19-41-30)22-8-6-21(4)7-9-22/h6-10,16-19,29,34H,5,11-15H2,1-4H3/t29-/m1/s1. The Bertz CT molecular complexity index is 1590. The molecule has 2 aromatic heterocycles. The summed E-state index contributed by atoms with van der Waals surface area (Å²) in [6.07, 6.45) is 5.71. The number of amides is 1. The number of ether oxygens (including phenoxy) is 1. The number of aryl methyl sites for hydroxylation is 1. The first-order valence-corrected chi connectivity index (χ1v) is 15.2. The molecule has 41 heavy (non-hydrogen) atoms. The molecule has 0 saturated carbocycles. The molecule has 1 amide bonds. The number of piperazine rings is 1. The van der Waals surface area contributed by atoms with Crippen LogP contribution in [0.25, 0.3) is 33.6 Å². The van der Waals surface area contributed by atoms with Crippen LogP contribution < -0.4 is 10.9 Å². The van der Waals surface area contributed by atoms with E-state index in [2.05, 4.69) is 5.32 Å². The molecule has 1 saturated heterocycles. The Hall–Kier alpha value is -3.30. The number of nitrogens with zero attached hydrogens (tertiary/aromatic N) is 3. The number of halogens is 1. The van der Waals surface area contributed by atoms with E-state index in [0.717, 1.165) is 35.5 Å². The number of benzene rings is 1. The molecule has 1 atom stereocenters. The minimum atomic E-state index is -0.388. The largest absolute Gasteiger partial charge is 0.372 e. The topological polar surface area (TPSA) is 76.5 Å². The first kappa shape index (κ1) is 29.2. The first-order valence-electron chi connectivity index (χ1n) is 13.9. The monoisotopic (exact) mass is 590 g/mol. The summed E-state index contributed by atoms with van der Waals surface area (Å²) in [7, 11) is 0. The highest BCUT2D eigenvalue weighted by Gasteiger charge is 2.29. The van der Waals surface area contributed by atoms with Gasteiger partial charge in [0.15, 0.2) is 0 Å². The highest BCUT2D eigenvalue weighted by atomic mass is 35.5. The molecule has 1 fully saturated rings. The molecule has 0 bridgehead atoms. The molecule has 1 aliphatic carbocycles. The van der Waals surface area contributed by atoms with Gasteiger partial charge in [-0.25, -0.2) is 4.98 Å². The fraction of sp³-hybridized carbons (Fsp3) is 0.344. The van der Waals surface area contributed by atoms with Gasteiger partial charge in [0.1, 0.15) is 11.1 Å². The second-order valence-corrected chi connectivity index (χ2v) is 11.8. The summed E-state index contributed by atoms with van der Waals surface area (Å²) in [4.78, 5) is 35.3. The SMILES string of the molecule is CCO[C@@H]1CC=C(Cl)C=C1n1c(C=C(C)C)c(C(=O)N2CCNCC2)cc(-c2nc(-c3ccc(C)cc3)cs2)c1=O. The Morgan fingerprint density at radius 3 is 2.63 bits per heavy atom. The molecule has 1 N–H and O–H groups in total. The lowest BCUT2D eigenvalue weighted by Gasteiger charge is -2.30. The van der Waals surface area contributed by atoms with E-state index in [9.17, 15) is 9.59 Å². The normalized spacial score (nSPS) is 17.2. The van der Waals surface area contributed by atoms with Crippen molar-refractivity contribution in [3.63, 3.8) is 0 Å². The quantitative estimate of drug-likeness (QED) is 0.355. The molecule has 3 heterocycles. The van der Waals surface area contributed by atoms with Crippen molar-refractivity contribution in [3.05, 3.63) is 85.6 Å². The number of carbonyl (C=O) groups excluding carboxylic acids is 1. The van der Waals surface area contributed by atoms with Crippen molar-refractivity contribution in [2.45, 2.75) is 40.2 Å². The van der Waals surface area contributed by atoms with Gasteiger partial charge in [-0.15, -0.1) is 11.3 Å². The molecule has 3 aromatic rings. The summed E-state index contributed by atoms with van der Waals surface area (Å²) in [5.74, 6) is -0.115. The lowest BCUT2D eigenvalue weighted by molar-refractivity contribution is 0.0734. The van der Waals surface area contributed by atoms with E-state index in [1.165, 1.54) is 11.3 Å². The van der Waals surface area contributed by atoms with Gasteiger partial charge in [0.2, 0.25) is 0 Å². The number of aromatic nitrogens is 2. The third kappa shape index (κ3) is 6.31. The zero-order chi connectivity index (χ0) is 29.1. The van der Waals surface area contributed by atoms with E-state index in [4.69, 9.17) is 21.3 Å². The number of rotatable bonds is 7. The van der Waals surface area contributed by atoms with Gasteiger partial charge in [-0.2, -0.15) is 0 Å². The molecule has 9 heteroatoms. The molecule has 1 aliphatic heterocycles. The van der Waals surface area contributed by atoms with Gasteiger partial charge < -0.3 is 15.0 Å². The van der Waals surface area contributed by atoms with Crippen molar-refractivity contribution < 1.29 is 9.53 Å². The second-order valence-electron chi connectivity index (χ2n) is 10.5. The molecule has 0 radical (unpaired) electrons. The number of allylic oxidation sites excluding steroid dienone is 3. The fourth-order valence-corrected chi connectivity index (χ4v) is 6.15. The Morgan fingerprint density at radius 2 is 1.95 bits per heavy atom. The van der Waals surface area contributed by atoms with Crippen molar-refractivity contribution in [1.29, 1.82) is 0 Å². The third-order valence-corrected chi connectivity index (χ3v) is 8.29. The zero-order valence-corrected chi connectivity index (χ0v) is 25.4. The minimum absolute atomic E-state index is 0.115. The summed E-state index contributed by atoms with van der Waals surface area (Å²) in [6.45, 7) is 11.0. The van der Waals surface area contributed by atoms with Gasteiger partial charge >= 0.3 is 0 Å². The van der Waals surface area contributed by atoms with Gasteiger partial charge in [0.25, 0.3) is 11.5 Å². The van der Waals surface area contributed by atoms with Crippen molar-refractivity contribution in [3.8, 4) is 21.8 Å². The number of carbonyl (C=O) groups is 1.